The second-order valence-electron chi connectivity index (χ2n) is 3.79. The minimum absolute atomic E-state index is 0.465. The molecule has 14 heavy (non-hydrogen) atoms. The molecule has 2 rings (SSSR count). The average Bonchev–Trinajstić information content (AvgIpc) is 2.58. The molecule has 74 valence electrons. The van der Waals surface area contributed by atoms with E-state index in [9.17, 15) is 0 Å². The number of nitrogens with two attached hydrogens (primary N) is 1. The van der Waals surface area contributed by atoms with Crippen molar-refractivity contribution in [2.75, 3.05) is 0 Å². The molecule has 2 heteroatoms. The van der Waals surface area contributed by atoms with Crippen molar-refractivity contribution in [2.24, 2.45) is 5.73 Å². The van der Waals surface area contributed by atoms with Gasteiger partial charge in [-0.1, -0.05) is 6.07 Å². The summed E-state index contributed by atoms with van der Waals surface area (Å²) in [4.78, 5) is 0. The molecule has 2 aromatic rings. The highest BCUT2D eigenvalue weighted by Crippen LogP contribution is 2.28. The molecule has 0 aliphatic heterocycles. The lowest BCUT2D eigenvalue weighted by Crippen LogP contribution is -1.92. The van der Waals surface area contributed by atoms with Crippen LogP contribution in [0.4, 0.5) is 0 Å². The molecule has 1 aromatic heterocycles. The number of fused-ring (bicyclic) bond motifs is 1. The van der Waals surface area contributed by atoms with E-state index in [2.05, 4.69) is 26.8 Å². The zero-order valence-electron chi connectivity index (χ0n) is 8.85. The zero-order valence-corrected chi connectivity index (χ0v) is 8.85. The van der Waals surface area contributed by atoms with Crippen molar-refractivity contribution in [1.29, 1.82) is 0 Å². The fraction of sp³-hybridized carbons (Fsp3) is 0.333. The Morgan fingerprint density at radius 2 is 1.86 bits per heavy atom. The quantitative estimate of drug-likeness (QED) is 0.749. The first-order valence-corrected chi connectivity index (χ1v) is 4.82. The normalized spacial score (nSPS) is 11.1. The van der Waals surface area contributed by atoms with Crippen LogP contribution < -0.4 is 5.73 Å². The van der Waals surface area contributed by atoms with Crippen LogP contribution in [0.1, 0.15) is 22.5 Å². The van der Waals surface area contributed by atoms with E-state index in [-0.39, 0.29) is 0 Å². The molecule has 0 amide bonds. The third-order valence-corrected chi connectivity index (χ3v) is 2.77. The standard InChI is InChI=1S/C12H15NO/c1-7-4-8(2)11-5-10(6-13)14-12(11)9(7)3/h4-5H,6,13H2,1-3H3. The van der Waals surface area contributed by atoms with Crippen molar-refractivity contribution in [3.05, 3.63) is 34.6 Å². The van der Waals surface area contributed by atoms with Gasteiger partial charge in [0.15, 0.2) is 0 Å². The molecule has 0 unspecified atom stereocenters. The van der Waals surface area contributed by atoms with Crippen molar-refractivity contribution in [2.45, 2.75) is 27.3 Å². The molecule has 0 atom stereocenters. The topological polar surface area (TPSA) is 39.2 Å². The molecule has 0 bridgehead atoms. The van der Waals surface area contributed by atoms with E-state index < -0.39 is 0 Å². The average molecular weight is 189 g/mol. The molecule has 0 fully saturated rings. The van der Waals surface area contributed by atoms with Gasteiger partial charge in [0, 0.05) is 5.39 Å². The first kappa shape index (κ1) is 9.28. The molecule has 0 radical (unpaired) electrons. The Kier molecular flexibility index (Phi) is 2.08. The third-order valence-electron chi connectivity index (χ3n) is 2.77. The highest BCUT2D eigenvalue weighted by molar-refractivity contribution is 5.85. The zero-order chi connectivity index (χ0) is 10.3. The number of hydrogen-bond acceptors (Lipinski definition) is 2. The van der Waals surface area contributed by atoms with Crippen LogP contribution >= 0.6 is 0 Å². The summed E-state index contributed by atoms with van der Waals surface area (Å²) in [5.74, 6) is 0.858. The van der Waals surface area contributed by atoms with Gasteiger partial charge in [-0.2, -0.15) is 0 Å². The molecule has 0 aliphatic rings. The van der Waals surface area contributed by atoms with Crippen molar-refractivity contribution < 1.29 is 4.42 Å². The molecule has 0 saturated heterocycles. The van der Waals surface area contributed by atoms with Gasteiger partial charge in [0.05, 0.1) is 6.54 Å². The van der Waals surface area contributed by atoms with Crippen molar-refractivity contribution in [3.63, 3.8) is 0 Å². The minimum Gasteiger partial charge on any atom is -0.459 e. The predicted molar refractivity (Wildman–Crippen MR) is 58.3 cm³/mol. The molecular formula is C12H15NO. The van der Waals surface area contributed by atoms with E-state index in [1.165, 1.54) is 22.1 Å². The van der Waals surface area contributed by atoms with Gasteiger partial charge in [0.1, 0.15) is 11.3 Å². The largest absolute Gasteiger partial charge is 0.459 e. The van der Waals surface area contributed by atoms with Crippen LogP contribution in [0, 0.1) is 20.8 Å². The lowest BCUT2D eigenvalue weighted by Gasteiger charge is -2.02. The summed E-state index contributed by atoms with van der Waals surface area (Å²) in [5, 5.41) is 1.19. The number of hydrogen-bond donors (Lipinski definition) is 1. The summed E-state index contributed by atoms with van der Waals surface area (Å²) in [6, 6.07) is 4.23. The van der Waals surface area contributed by atoms with Gasteiger partial charge in [-0.05, 0) is 43.5 Å². The van der Waals surface area contributed by atoms with Gasteiger partial charge in [-0.25, -0.2) is 0 Å². The Bertz CT molecular complexity index is 483. The second-order valence-corrected chi connectivity index (χ2v) is 3.79. The first-order chi connectivity index (χ1) is 6.63. The second kappa shape index (κ2) is 3.14. The summed E-state index contributed by atoms with van der Waals surface area (Å²) in [7, 11) is 0. The third kappa shape index (κ3) is 1.23. The Hall–Kier alpha value is -1.28. The molecule has 0 saturated carbocycles. The fourth-order valence-electron chi connectivity index (χ4n) is 1.80. The maximum Gasteiger partial charge on any atom is 0.137 e. The van der Waals surface area contributed by atoms with E-state index in [1.807, 2.05) is 6.07 Å². The monoisotopic (exact) mass is 189 g/mol. The van der Waals surface area contributed by atoms with Gasteiger partial charge in [-0.15, -0.1) is 0 Å². The molecule has 0 spiro atoms. The van der Waals surface area contributed by atoms with Gasteiger partial charge >= 0.3 is 0 Å². The summed E-state index contributed by atoms with van der Waals surface area (Å²) >= 11 is 0. The maximum absolute atomic E-state index is 5.68. The first-order valence-electron chi connectivity index (χ1n) is 4.82. The minimum atomic E-state index is 0.465. The van der Waals surface area contributed by atoms with E-state index in [1.54, 1.807) is 0 Å². The van der Waals surface area contributed by atoms with Crippen LogP contribution in [0.5, 0.6) is 0 Å². The molecule has 2 nitrogen and oxygen atoms in total. The van der Waals surface area contributed by atoms with E-state index in [0.29, 0.717) is 6.54 Å². The Morgan fingerprint density at radius 1 is 1.14 bits per heavy atom. The summed E-state index contributed by atoms with van der Waals surface area (Å²) in [6.45, 7) is 6.75. The van der Waals surface area contributed by atoms with Crippen molar-refractivity contribution >= 4 is 11.0 Å². The number of furan rings is 1. The Morgan fingerprint density at radius 3 is 2.50 bits per heavy atom. The van der Waals surface area contributed by atoms with E-state index >= 15 is 0 Å². The lowest BCUT2D eigenvalue weighted by molar-refractivity contribution is 0.550. The molecular weight excluding hydrogens is 174 g/mol. The highest BCUT2D eigenvalue weighted by atomic mass is 16.3. The van der Waals surface area contributed by atoms with Crippen LogP contribution in [0.25, 0.3) is 11.0 Å². The number of rotatable bonds is 1. The van der Waals surface area contributed by atoms with Crippen LogP contribution in [-0.2, 0) is 6.54 Å². The van der Waals surface area contributed by atoms with Gasteiger partial charge in [0.25, 0.3) is 0 Å². The van der Waals surface area contributed by atoms with E-state index in [4.69, 9.17) is 10.2 Å². The van der Waals surface area contributed by atoms with Crippen LogP contribution in [0.3, 0.4) is 0 Å². The molecule has 1 aromatic carbocycles. The maximum atomic E-state index is 5.68. The smallest absolute Gasteiger partial charge is 0.137 e. The van der Waals surface area contributed by atoms with Crippen molar-refractivity contribution in [1.82, 2.24) is 0 Å². The lowest BCUT2D eigenvalue weighted by atomic mass is 10.0. The van der Waals surface area contributed by atoms with E-state index in [0.717, 1.165) is 11.3 Å². The molecule has 0 aliphatic carbocycles. The highest BCUT2D eigenvalue weighted by Gasteiger charge is 2.09. The van der Waals surface area contributed by atoms with Crippen molar-refractivity contribution in [3.8, 4) is 0 Å². The van der Waals surface area contributed by atoms with Crippen LogP contribution in [-0.4, -0.2) is 0 Å². The molecule has 1 heterocycles. The predicted octanol–water partition coefficient (Wildman–Crippen LogP) is 2.82. The summed E-state index contributed by atoms with van der Waals surface area (Å²) < 4.78 is 5.68. The van der Waals surface area contributed by atoms with Crippen LogP contribution in [0.15, 0.2) is 16.5 Å². The van der Waals surface area contributed by atoms with Crippen LogP contribution in [0.2, 0.25) is 0 Å². The fourth-order valence-corrected chi connectivity index (χ4v) is 1.80. The van der Waals surface area contributed by atoms with Gasteiger partial charge < -0.3 is 10.2 Å². The SMILES string of the molecule is Cc1cc(C)c2cc(CN)oc2c1C. The number of aryl methyl sites for hydroxylation is 3. The summed E-state index contributed by atoms with van der Waals surface area (Å²) in [6.07, 6.45) is 0. The number of benzene rings is 1. The van der Waals surface area contributed by atoms with Gasteiger partial charge in [0.2, 0.25) is 0 Å². The summed E-state index contributed by atoms with van der Waals surface area (Å²) in [5.41, 5.74) is 10.3. The Balaban J connectivity index is 2.84. The Labute approximate surface area is 83.7 Å². The molecule has 2 N–H and O–H groups in total. The van der Waals surface area contributed by atoms with Gasteiger partial charge in [-0.3, -0.25) is 0 Å².